The number of aliphatic carboxylic acids is 1. The molecule has 1 unspecified atom stereocenters. The van der Waals surface area contributed by atoms with Gasteiger partial charge in [0.15, 0.2) is 0 Å². The second-order valence-electron chi connectivity index (χ2n) is 6.42. The van der Waals surface area contributed by atoms with Crippen molar-refractivity contribution in [2.45, 2.75) is 59.0 Å². The van der Waals surface area contributed by atoms with Crippen LogP contribution in [0.4, 0.5) is 0 Å². The number of hydrogen-bond donors (Lipinski definition) is 2. The summed E-state index contributed by atoms with van der Waals surface area (Å²) in [4.78, 5) is 21.7. The fourth-order valence-corrected chi connectivity index (χ4v) is 2.79. The first-order chi connectivity index (χ1) is 10.8. The number of ether oxygens (including phenoxy) is 1. The number of allylic oxidation sites excluding steroid dienone is 3. The first-order valence-electron chi connectivity index (χ1n) is 8.26. The van der Waals surface area contributed by atoms with Gasteiger partial charge < -0.3 is 14.9 Å². The predicted molar refractivity (Wildman–Crippen MR) is 87.9 cm³/mol. The molecule has 1 fully saturated rings. The van der Waals surface area contributed by atoms with Crippen molar-refractivity contribution < 1.29 is 24.5 Å². The van der Waals surface area contributed by atoms with Gasteiger partial charge in [-0.25, -0.2) is 4.79 Å². The largest absolute Gasteiger partial charge is 0.478 e. The number of carbonyl (C=O) groups excluding carboxylic acids is 1. The van der Waals surface area contributed by atoms with E-state index in [4.69, 9.17) is 14.9 Å². The number of aliphatic hydroxyl groups is 1. The van der Waals surface area contributed by atoms with Crippen LogP contribution in [-0.2, 0) is 14.3 Å². The van der Waals surface area contributed by atoms with Crippen molar-refractivity contribution >= 4 is 11.9 Å². The Balaban J connectivity index is 2.21. The molecule has 130 valence electrons. The second-order valence-corrected chi connectivity index (χ2v) is 6.42. The number of aliphatic hydroxyl groups excluding tert-OH is 1. The Morgan fingerprint density at radius 2 is 1.96 bits per heavy atom. The van der Waals surface area contributed by atoms with Gasteiger partial charge in [-0.05, 0) is 44.6 Å². The van der Waals surface area contributed by atoms with Gasteiger partial charge in [-0.2, -0.15) is 0 Å². The Kier molecular flexibility index (Phi) is 8.03. The van der Waals surface area contributed by atoms with Gasteiger partial charge in [0, 0.05) is 6.08 Å². The number of carboxylic acids is 1. The summed E-state index contributed by atoms with van der Waals surface area (Å²) in [7, 11) is 0. The summed E-state index contributed by atoms with van der Waals surface area (Å²) in [6.45, 7) is 5.86. The summed E-state index contributed by atoms with van der Waals surface area (Å²) in [5.41, 5.74) is 1.94. The normalized spacial score (nSPS) is 23.2. The summed E-state index contributed by atoms with van der Waals surface area (Å²) in [5, 5.41) is 17.7. The van der Waals surface area contributed by atoms with E-state index >= 15 is 0 Å². The van der Waals surface area contributed by atoms with Crippen LogP contribution in [0, 0.1) is 11.8 Å². The van der Waals surface area contributed by atoms with Gasteiger partial charge in [-0.3, -0.25) is 4.79 Å². The smallest absolute Gasteiger partial charge is 0.328 e. The molecule has 0 aliphatic carbocycles. The topological polar surface area (TPSA) is 83.8 Å². The fourth-order valence-electron chi connectivity index (χ4n) is 2.79. The molecule has 1 aliphatic heterocycles. The van der Waals surface area contributed by atoms with Gasteiger partial charge in [0.05, 0.1) is 6.61 Å². The highest BCUT2D eigenvalue weighted by molar-refractivity contribution is 5.81. The number of unbranched alkanes of at least 4 members (excludes halogenated alkanes) is 2. The van der Waals surface area contributed by atoms with Gasteiger partial charge in [0.25, 0.3) is 0 Å². The van der Waals surface area contributed by atoms with Gasteiger partial charge in [0.2, 0.25) is 0 Å². The number of carbonyl (C=O) groups is 2. The van der Waals surface area contributed by atoms with Gasteiger partial charge >= 0.3 is 11.9 Å². The highest BCUT2D eigenvalue weighted by atomic mass is 16.6. The van der Waals surface area contributed by atoms with E-state index in [9.17, 15) is 9.59 Å². The van der Waals surface area contributed by atoms with Crippen LogP contribution in [0.15, 0.2) is 23.3 Å². The lowest BCUT2D eigenvalue weighted by Gasteiger charge is -2.33. The van der Waals surface area contributed by atoms with Crippen LogP contribution in [0.5, 0.6) is 0 Å². The van der Waals surface area contributed by atoms with Crippen molar-refractivity contribution in [2.24, 2.45) is 11.8 Å². The Morgan fingerprint density at radius 1 is 1.26 bits per heavy atom. The molecule has 23 heavy (non-hydrogen) atoms. The monoisotopic (exact) mass is 324 g/mol. The van der Waals surface area contributed by atoms with Crippen molar-refractivity contribution in [3.8, 4) is 0 Å². The Morgan fingerprint density at radius 3 is 2.52 bits per heavy atom. The standard InChI is InChI=1S/C18H28O5/c1-12(10-17(20)21)9-14(3)13(2)7-5-4-6-8-16-15(11-19)18(22)23-16/h9-10,13,15-16,19H,4-8,11H2,1-3H3,(H,20,21)/b12-10+,14-9?/t13?,15-,16-/m1/s1. The zero-order valence-electron chi connectivity index (χ0n) is 14.2. The lowest BCUT2D eigenvalue weighted by atomic mass is 9.91. The van der Waals surface area contributed by atoms with Gasteiger partial charge in [-0.1, -0.05) is 31.4 Å². The van der Waals surface area contributed by atoms with Crippen molar-refractivity contribution in [2.75, 3.05) is 6.61 Å². The molecule has 1 aliphatic rings. The van der Waals surface area contributed by atoms with Gasteiger partial charge in [-0.15, -0.1) is 0 Å². The number of esters is 1. The lowest BCUT2D eigenvalue weighted by Crippen LogP contribution is -2.47. The molecule has 0 aromatic carbocycles. The first kappa shape index (κ1) is 19.4. The molecular formula is C18H28O5. The Labute approximate surface area is 138 Å². The van der Waals surface area contributed by atoms with E-state index in [1.54, 1.807) is 6.92 Å². The third-order valence-electron chi connectivity index (χ3n) is 4.43. The zero-order chi connectivity index (χ0) is 17.4. The van der Waals surface area contributed by atoms with E-state index in [1.807, 2.05) is 13.0 Å². The zero-order valence-corrected chi connectivity index (χ0v) is 14.2. The third kappa shape index (κ3) is 6.57. The molecular weight excluding hydrogens is 296 g/mol. The maximum Gasteiger partial charge on any atom is 0.328 e. The third-order valence-corrected chi connectivity index (χ3v) is 4.43. The van der Waals surface area contributed by atoms with E-state index in [-0.39, 0.29) is 24.6 Å². The molecule has 0 spiro atoms. The lowest BCUT2D eigenvalue weighted by molar-refractivity contribution is -0.189. The van der Waals surface area contributed by atoms with Crippen LogP contribution in [0.3, 0.4) is 0 Å². The number of carboxylic acid groups (broad SMARTS) is 1. The minimum absolute atomic E-state index is 0.102. The minimum atomic E-state index is -0.919. The van der Waals surface area contributed by atoms with Crippen LogP contribution in [0.2, 0.25) is 0 Å². The molecule has 0 radical (unpaired) electrons. The van der Waals surface area contributed by atoms with Crippen molar-refractivity contribution in [3.05, 3.63) is 23.3 Å². The molecule has 1 heterocycles. The Hall–Kier alpha value is -1.62. The van der Waals surface area contributed by atoms with Crippen LogP contribution in [0.1, 0.15) is 52.9 Å². The molecule has 2 N–H and O–H groups in total. The molecule has 5 nitrogen and oxygen atoms in total. The Bertz CT molecular complexity index is 478. The average molecular weight is 324 g/mol. The fraction of sp³-hybridized carbons (Fsp3) is 0.667. The van der Waals surface area contributed by atoms with E-state index in [0.29, 0.717) is 5.92 Å². The molecule has 0 aromatic heterocycles. The van der Waals surface area contributed by atoms with Crippen molar-refractivity contribution in [1.29, 1.82) is 0 Å². The number of hydrogen-bond acceptors (Lipinski definition) is 4. The molecule has 5 heteroatoms. The number of rotatable bonds is 10. The molecule has 1 rings (SSSR count). The highest BCUT2D eigenvalue weighted by Crippen LogP contribution is 2.27. The van der Waals surface area contributed by atoms with Crippen LogP contribution < -0.4 is 0 Å². The summed E-state index contributed by atoms with van der Waals surface area (Å²) in [6, 6.07) is 0. The van der Waals surface area contributed by atoms with Crippen molar-refractivity contribution in [1.82, 2.24) is 0 Å². The summed E-state index contributed by atoms with van der Waals surface area (Å²) in [5.74, 6) is -1.10. The number of cyclic esters (lactones) is 1. The van der Waals surface area contributed by atoms with Crippen molar-refractivity contribution in [3.63, 3.8) is 0 Å². The minimum Gasteiger partial charge on any atom is -0.478 e. The molecule has 1 saturated heterocycles. The van der Waals surface area contributed by atoms with Gasteiger partial charge in [0.1, 0.15) is 12.0 Å². The summed E-state index contributed by atoms with van der Waals surface area (Å²) >= 11 is 0. The van der Waals surface area contributed by atoms with Crippen LogP contribution in [-0.4, -0.2) is 34.9 Å². The molecule has 3 atom stereocenters. The maximum atomic E-state index is 11.1. The summed E-state index contributed by atoms with van der Waals surface area (Å²) in [6.07, 6.45) is 8.05. The van der Waals surface area contributed by atoms with Crippen LogP contribution in [0.25, 0.3) is 0 Å². The molecule has 0 amide bonds. The highest BCUT2D eigenvalue weighted by Gasteiger charge is 2.40. The average Bonchev–Trinajstić information content (AvgIpc) is 2.44. The van der Waals surface area contributed by atoms with E-state index in [2.05, 4.69) is 6.92 Å². The van der Waals surface area contributed by atoms with E-state index in [0.717, 1.165) is 37.7 Å². The quantitative estimate of drug-likeness (QED) is 0.279. The second kappa shape index (κ2) is 9.50. The molecule has 0 saturated carbocycles. The molecule has 0 bridgehead atoms. The van der Waals surface area contributed by atoms with E-state index < -0.39 is 5.97 Å². The SMILES string of the molecule is CC(=C/C(C)=C/C(=O)O)C(C)CCCCC[C@H]1OC(=O)[C@@H]1CO. The maximum absolute atomic E-state index is 11.1. The van der Waals surface area contributed by atoms with Crippen LogP contribution >= 0.6 is 0 Å². The first-order valence-corrected chi connectivity index (χ1v) is 8.26. The van der Waals surface area contributed by atoms with E-state index in [1.165, 1.54) is 11.6 Å². The predicted octanol–water partition coefficient (Wildman–Crippen LogP) is 3.08. The molecule has 0 aromatic rings. The summed E-state index contributed by atoms with van der Waals surface area (Å²) < 4.78 is 5.02.